The lowest BCUT2D eigenvalue weighted by molar-refractivity contribution is -0.149. The molecule has 0 aliphatic heterocycles. The first kappa shape index (κ1) is 17.4. The van der Waals surface area contributed by atoms with E-state index in [9.17, 15) is 4.79 Å². The molecule has 0 amide bonds. The number of esters is 1. The first-order valence-corrected chi connectivity index (χ1v) is 8.20. The van der Waals surface area contributed by atoms with E-state index in [1.807, 2.05) is 6.92 Å². The first-order chi connectivity index (χ1) is 9.48. The Morgan fingerprint density at radius 1 is 1.45 bits per heavy atom. The van der Waals surface area contributed by atoms with Crippen molar-refractivity contribution in [1.29, 1.82) is 0 Å². The number of carbonyl (C=O) groups excluding carboxylic acids is 1. The molecule has 4 heteroatoms. The molecule has 3 unspecified atom stereocenters. The molecule has 1 aliphatic rings. The minimum absolute atomic E-state index is 0.220. The van der Waals surface area contributed by atoms with Crippen LogP contribution < -0.4 is 5.73 Å². The van der Waals surface area contributed by atoms with Crippen LogP contribution in [0.15, 0.2) is 0 Å². The Morgan fingerprint density at radius 2 is 2.15 bits per heavy atom. The van der Waals surface area contributed by atoms with Crippen LogP contribution in [0.3, 0.4) is 0 Å². The molecule has 0 heterocycles. The topological polar surface area (TPSA) is 55.6 Å². The summed E-state index contributed by atoms with van der Waals surface area (Å²) in [4.78, 5) is 14.6. The monoisotopic (exact) mass is 284 g/mol. The molecule has 0 saturated heterocycles. The highest BCUT2D eigenvalue weighted by molar-refractivity contribution is 5.81. The highest BCUT2D eigenvalue weighted by Crippen LogP contribution is 2.33. The van der Waals surface area contributed by atoms with Crippen LogP contribution in [0.25, 0.3) is 0 Å². The fourth-order valence-corrected chi connectivity index (χ4v) is 3.13. The SMILES string of the molecule is CCCCN(C(C)CC)C1CCC(N)(C(=O)OCC)C1. The van der Waals surface area contributed by atoms with Crippen LogP contribution in [0.1, 0.15) is 66.2 Å². The van der Waals surface area contributed by atoms with Crippen LogP contribution >= 0.6 is 0 Å². The highest BCUT2D eigenvalue weighted by Gasteiger charge is 2.45. The van der Waals surface area contributed by atoms with Crippen LogP contribution in [-0.4, -0.2) is 41.6 Å². The van der Waals surface area contributed by atoms with E-state index >= 15 is 0 Å². The van der Waals surface area contributed by atoms with Gasteiger partial charge in [0.25, 0.3) is 0 Å². The van der Waals surface area contributed by atoms with Gasteiger partial charge < -0.3 is 10.5 Å². The summed E-state index contributed by atoms with van der Waals surface area (Å²) in [5.74, 6) is -0.220. The number of hydrogen-bond acceptors (Lipinski definition) is 4. The largest absolute Gasteiger partial charge is 0.465 e. The van der Waals surface area contributed by atoms with Gasteiger partial charge in [-0.25, -0.2) is 0 Å². The predicted molar refractivity (Wildman–Crippen MR) is 82.6 cm³/mol. The Kier molecular flexibility index (Phi) is 6.96. The third-order valence-electron chi connectivity index (χ3n) is 4.60. The maximum Gasteiger partial charge on any atom is 0.326 e. The van der Waals surface area contributed by atoms with E-state index in [4.69, 9.17) is 10.5 Å². The smallest absolute Gasteiger partial charge is 0.326 e. The summed E-state index contributed by atoms with van der Waals surface area (Å²) < 4.78 is 5.14. The zero-order valence-corrected chi connectivity index (χ0v) is 13.7. The maximum absolute atomic E-state index is 12.0. The average Bonchev–Trinajstić information content (AvgIpc) is 2.83. The van der Waals surface area contributed by atoms with Gasteiger partial charge in [-0.3, -0.25) is 9.69 Å². The number of carbonyl (C=O) groups is 1. The second kappa shape index (κ2) is 7.99. The Morgan fingerprint density at radius 3 is 2.70 bits per heavy atom. The normalized spacial score (nSPS) is 27.8. The average molecular weight is 284 g/mol. The number of nitrogens with zero attached hydrogens (tertiary/aromatic N) is 1. The summed E-state index contributed by atoms with van der Waals surface area (Å²) in [6.45, 7) is 10.1. The van der Waals surface area contributed by atoms with Crippen molar-refractivity contribution in [3.05, 3.63) is 0 Å². The molecule has 2 N–H and O–H groups in total. The molecule has 1 aliphatic carbocycles. The second-order valence-corrected chi connectivity index (χ2v) is 6.12. The molecule has 0 aromatic carbocycles. The minimum Gasteiger partial charge on any atom is -0.465 e. The Bertz CT molecular complexity index is 309. The second-order valence-electron chi connectivity index (χ2n) is 6.12. The van der Waals surface area contributed by atoms with Crippen molar-refractivity contribution in [3.63, 3.8) is 0 Å². The molecular formula is C16H32N2O2. The molecule has 0 aromatic rings. The van der Waals surface area contributed by atoms with E-state index in [2.05, 4.69) is 25.7 Å². The molecule has 1 rings (SSSR count). The molecule has 118 valence electrons. The lowest BCUT2D eigenvalue weighted by atomic mass is 9.98. The van der Waals surface area contributed by atoms with Gasteiger partial charge in [0.2, 0.25) is 0 Å². The van der Waals surface area contributed by atoms with Crippen LogP contribution in [-0.2, 0) is 9.53 Å². The van der Waals surface area contributed by atoms with E-state index in [-0.39, 0.29) is 5.97 Å². The number of nitrogens with two attached hydrogens (primary N) is 1. The standard InChI is InChI=1S/C16H32N2O2/c1-5-8-11-18(13(4)6-2)14-9-10-16(17,12-14)15(19)20-7-3/h13-14H,5-12,17H2,1-4H3. The zero-order valence-electron chi connectivity index (χ0n) is 13.7. The molecule has 1 saturated carbocycles. The van der Waals surface area contributed by atoms with Gasteiger partial charge in [0.15, 0.2) is 0 Å². The van der Waals surface area contributed by atoms with Crippen molar-refractivity contribution in [1.82, 2.24) is 4.90 Å². The lowest BCUT2D eigenvalue weighted by Crippen LogP contribution is -2.49. The summed E-state index contributed by atoms with van der Waals surface area (Å²) in [6, 6.07) is 0.974. The van der Waals surface area contributed by atoms with Gasteiger partial charge in [-0.05, 0) is 52.5 Å². The van der Waals surface area contributed by atoms with Crippen LogP contribution in [0.5, 0.6) is 0 Å². The quantitative estimate of drug-likeness (QED) is 0.696. The molecule has 0 bridgehead atoms. The van der Waals surface area contributed by atoms with Gasteiger partial charge in [0, 0.05) is 12.1 Å². The fourth-order valence-electron chi connectivity index (χ4n) is 3.13. The van der Waals surface area contributed by atoms with E-state index in [1.54, 1.807) is 0 Å². The number of hydrogen-bond donors (Lipinski definition) is 1. The third kappa shape index (κ3) is 4.19. The summed E-state index contributed by atoms with van der Waals surface area (Å²) in [5.41, 5.74) is 5.52. The predicted octanol–water partition coefficient (Wildman–Crippen LogP) is 2.70. The van der Waals surface area contributed by atoms with Gasteiger partial charge >= 0.3 is 5.97 Å². The summed E-state index contributed by atoms with van der Waals surface area (Å²) in [6.07, 6.45) is 6.03. The van der Waals surface area contributed by atoms with Gasteiger partial charge in [0.1, 0.15) is 5.54 Å². The number of rotatable bonds is 8. The zero-order chi connectivity index (χ0) is 15.2. The maximum atomic E-state index is 12.0. The van der Waals surface area contributed by atoms with Gasteiger partial charge in [0.05, 0.1) is 6.61 Å². The summed E-state index contributed by atoms with van der Waals surface area (Å²) in [7, 11) is 0. The van der Waals surface area contributed by atoms with Crippen molar-refractivity contribution in [2.75, 3.05) is 13.2 Å². The molecule has 3 atom stereocenters. The minimum atomic E-state index is -0.765. The molecule has 0 aromatic heterocycles. The lowest BCUT2D eigenvalue weighted by Gasteiger charge is -2.35. The summed E-state index contributed by atoms with van der Waals surface area (Å²) >= 11 is 0. The van der Waals surface area contributed by atoms with Crippen molar-refractivity contribution in [2.45, 2.75) is 83.8 Å². The van der Waals surface area contributed by atoms with Crippen LogP contribution in [0.4, 0.5) is 0 Å². The molecule has 0 radical (unpaired) electrons. The molecule has 0 spiro atoms. The van der Waals surface area contributed by atoms with E-state index in [0.717, 1.165) is 32.2 Å². The first-order valence-electron chi connectivity index (χ1n) is 8.20. The van der Waals surface area contributed by atoms with Gasteiger partial charge in [-0.15, -0.1) is 0 Å². The molecular weight excluding hydrogens is 252 g/mol. The van der Waals surface area contributed by atoms with E-state index in [0.29, 0.717) is 18.7 Å². The summed E-state index contributed by atoms with van der Waals surface area (Å²) in [5, 5.41) is 0. The number of unbranched alkanes of at least 4 members (excludes halogenated alkanes) is 1. The van der Waals surface area contributed by atoms with Crippen LogP contribution in [0, 0.1) is 0 Å². The van der Waals surface area contributed by atoms with Gasteiger partial charge in [-0.1, -0.05) is 20.3 Å². The van der Waals surface area contributed by atoms with E-state index < -0.39 is 5.54 Å². The van der Waals surface area contributed by atoms with Gasteiger partial charge in [-0.2, -0.15) is 0 Å². The molecule has 4 nitrogen and oxygen atoms in total. The molecule has 1 fully saturated rings. The van der Waals surface area contributed by atoms with Crippen molar-refractivity contribution in [3.8, 4) is 0 Å². The Balaban J connectivity index is 2.68. The Labute approximate surface area is 124 Å². The van der Waals surface area contributed by atoms with Crippen molar-refractivity contribution < 1.29 is 9.53 Å². The fraction of sp³-hybridized carbons (Fsp3) is 0.938. The highest BCUT2D eigenvalue weighted by atomic mass is 16.5. The number of ether oxygens (including phenoxy) is 1. The molecule has 20 heavy (non-hydrogen) atoms. The third-order valence-corrected chi connectivity index (χ3v) is 4.60. The van der Waals surface area contributed by atoms with Crippen molar-refractivity contribution in [2.24, 2.45) is 5.73 Å². The van der Waals surface area contributed by atoms with Crippen molar-refractivity contribution >= 4 is 5.97 Å². The van der Waals surface area contributed by atoms with Crippen LogP contribution in [0.2, 0.25) is 0 Å². The Hall–Kier alpha value is -0.610. The van der Waals surface area contributed by atoms with E-state index in [1.165, 1.54) is 12.8 Å².